The van der Waals surface area contributed by atoms with Crippen molar-refractivity contribution in [1.82, 2.24) is 10.3 Å². The van der Waals surface area contributed by atoms with Crippen molar-refractivity contribution in [2.24, 2.45) is 0 Å². The number of aliphatic hydroxyl groups is 2. The molecule has 0 fully saturated rings. The van der Waals surface area contributed by atoms with E-state index >= 15 is 0 Å². The molecule has 0 saturated carbocycles. The molecule has 5 N–H and O–H groups in total. The van der Waals surface area contributed by atoms with Crippen LogP contribution < -0.4 is 11.1 Å². The molecule has 1 heterocycles. The maximum absolute atomic E-state index is 11.4. The van der Waals surface area contributed by atoms with E-state index in [4.69, 9.17) is 10.5 Å². The lowest BCUT2D eigenvalue weighted by Crippen LogP contribution is -2.39. The van der Waals surface area contributed by atoms with Crippen LogP contribution in [0.15, 0.2) is 18.3 Å². The number of nitrogens with two attached hydrogens (primary N) is 1. The highest BCUT2D eigenvalue weighted by molar-refractivity contribution is 5.67. The van der Waals surface area contributed by atoms with Gasteiger partial charge in [0.25, 0.3) is 0 Å². The number of rotatable bonds is 4. The first-order valence-corrected chi connectivity index (χ1v) is 6.23. The highest BCUT2D eigenvalue weighted by Gasteiger charge is 2.22. The van der Waals surface area contributed by atoms with E-state index in [1.807, 2.05) is 0 Å². The Morgan fingerprint density at radius 3 is 2.70 bits per heavy atom. The van der Waals surface area contributed by atoms with Crippen LogP contribution in [-0.4, -0.2) is 39.5 Å². The average molecular weight is 283 g/mol. The summed E-state index contributed by atoms with van der Waals surface area (Å²) in [5.41, 5.74) is 5.61. The Labute approximate surface area is 117 Å². The molecule has 1 aromatic rings. The number of hydrogen-bond donors (Lipinski definition) is 4. The molecule has 2 unspecified atom stereocenters. The molecule has 0 saturated heterocycles. The normalized spacial score (nSPS) is 14.4. The van der Waals surface area contributed by atoms with Crippen LogP contribution in [0.3, 0.4) is 0 Å². The Hall–Kier alpha value is -1.86. The van der Waals surface area contributed by atoms with E-state index < -0.39 is 23.9 Å². The van der Waals surface area contributed by atoms with Gasteiger partial charge >= 0.3 is 6.09 Å². The van der Waals surface area contributed by atoms with Gasteiger partial charge in [-0.15, -0.1) is 0 Å². The Morgan fingerprint density at radius 1 is 1.50 bits per heavy atom. The summed E-state index contributed by atoms with van der Waals surface area (Å²) in [5, 5.41) is 22.1. The minimum Gasteiger partial charge on any atom is -0.444 e. The van der Waals surface area contributed by atoms with Crippen molar-refractivity contribution in [2.75, 3.05) is 12.3 Å². The van der Waals surface area contributed by atoms with Gasteiger partial charge in [0.1, 0.15) is 17.8 Å². The van der Waals surface area contributed by atoms with Crippen LogP contribution >= 0.6 is 0 Å². The average Bonchev–Trinajstić information content (AvgIpc) is 2.33. The van der Waals surface area contributed by atoms with Gasteiger partial charge in [0.2, 0.25) is 0 Å². The molecule has 20 heavy (non-hydrogen) atoms. The third-order valence-corrected chi connectivity index (χ3v) is 2.33. The van der Waals surface area contributed by atoms with Gasteiger partial charge in [0.15, 0.2) is 0 Å². The zero-order chi connectivity index (χ0) is 15.3. The maximum Gasteiger partial charge on any atom is 0.407 e. The molecule has 7 nitrogen and oxygen atoms in total. The topological polar surface area (TPSA) is 118 Å². The number of nitrogen functional groups attached to an aromatic ring is 1. The van der Waals surface area contributed by atoms with E-state index in [0.29, 0.717) is 5.69 Å². The van der Waals surface area contributed by atoms with Crippen molar-refractivity contribution >= 4 is 11.8 Å². The van der Waals surface area contributed by atoms with Gasteiger partial charge in [-0.2, -0.15) is 0 Å². The monoisotopic (exact) mass is 283 g/mol. The largest absolute Gasteiger partial charge is 0.444 e. The summed E-state index contributed by atoms with van der Waals surface area (Å²) in [5.74, 6) is 0. The number of hydrogen-bond acceptors (Lipinski definition) is 6. The van der Waals surface area contributed by atoms with E-state index in [1.54, 1.807) is 26.8 Å². The van der Waals surface area contributed by atoms with Crippen molar-refractivity contribution in [3.05, 3.63) is 24.0 Å². The molecule has 0 radical (unpaired) electrons. The Bertz CT molecular complexity index is 459. The number of aromatic nitrogens is 1. The Morgan fingerprint density at radius 2 is 2.15 bits per heavy atom. The van der Waals surface area contributed by atoms with E-state index in [2.05, 4.69) is 10.3 Å². The molecule has 0 aliphatic heterocycles. The number of nitrogens with zero attached hydrogens (tertiary/aromatic N) is 1. The molecule has 1 aromatic heterocycles. The highest BCUT2D eigenvalue weighted by Crippen LogP contribution is 2.16. The fourth-order valence-electron chi connectivity index (χ4n) is 1.44. The molecule has 112 valence electrons. The molecular formula is C13H21N3O4. The van der Waals surface area contributed by atoms with Gasteiger partial charge in [-0.1, -0.05) is 0 Å². The van der Waals surface area contributed by atoms with Gasteiger partial charge in [0, 0.05) is 18.4 Å². The van der Waals surface area contributed by atoms with Crippen LogP contribution in [0.5, 0.6) is 0 Å². The Kier molecular flexibility index (Phi) is 5.29. The summed E-state index contributed by atoms with van der Waals surface area (Å²) in [6.45, 7) is 5.03. The van der Waals surface area contributed by atoms with Crippen LogP contribution in [0.4, 0.5) is 10.5 Å². The van der Waals surface area contributed by atoms with Crippen molar-refractivity contribution in [3.8, 4) is 0 Å². The van der Waals surface area contributed by atoms with E-state index in [-0.39, 0.29) is 12.2 Å². The second-order valence-corrected chi connectivity index (χ2v) is 5.41. The molecule has 0 aliphatic carbocycles. The molecule has 0 bridgehead atoms. The number of carbonyl (C=O) groups is 1. The Balaban J connectivity index is 2.50. The van der Waals surface area contributed by atoms with Crippen LogP contribution in [0.25, 0.3) is 0 Å². The first-order valence-electron chi connectivity index (χ1n) is 6.23. The molecular weight excluding hydrogens is 262 g/mol. The van der Waals surface area contributed by atoms with Gasteiger partial charge < -0.3 is 26.0 Å². The van der Waals surface area contributed by atoms with E-state index in [0.717, 1.165) is 0 Å². The minimum absolute atomic E-state index is 0.160. The standard InChI is InChI=1S/C13H21N3O4/c1-13(2,3)20-12(19)16-7-10(17)11(18)9-6-8(14)4-5-15-9/h4-6,10-11,17-18H,7H2,1-3H3,(H2,14,15)(H,16,19). The zero-order valence-corrected chi connectivity index (χ0v) is 11.8. The lowest BCUT2D eigenvalue weighted by atomic mass is 10.1. The summed E-state index contributed by atoms with van der Waals surface area (Å²) in [6.07, 6.45) is -1.68. The summed E-state index contributed by atoms with van der Waals surface area (Å²) in [4.78, 5) is 15.3. The van der Waals surface area contributed by atoms with E-state index in [9.17, 15) is 15.0 Å². The molecule has 0 spiro atoms. The number of amides is 1. The lowest BCUT2D eigenvalue weighted by Gasteiger charge is -2.22. The first-order chi connectivity index (χ1) is 9.19. The smallest absolute Gasteiger partial charge is 0.407 e. The summed E-state index contributed by atoms with van der Waals surface area (Å²) < 4.78 is 5.01. The third-order valence-electron chi connectivity index (χ3n) is 2.33. The summed E-state index contributed by atoms with van der Waals surface area (Å²) in [7, 11) is 0. The fraction of sp³-hybridized carbons (Fsp3) is 0.538. The van der Waals surface area contributed by atoms with Crippen molar-refractivity contribution < 1.29 is 19.7 Å². The predicted octanol–water partition coefficient (Wildman–Crippen LogP) is 0.583. The van der Waals surface area contributed by atoms with Crippen LogP contribution in [-0.2, 0) is 4.74 Å². The molecule has 1 rings (SSSR count). The number of aliphatic hydroxyl groups excluding tert-OH is 2. The van der Waals surface area contributed by atoms with Crippen LogP contribution in [0.2, 0.25) is 0 Å². The number of alkyl carbamates (subject to hydrolysis) is 1. The maximum atomic E-state index is 11.4. The second kappa shape index (κ2) is 6.53. The second-order valence-electron chi connectivity index (χ2n) is 5.41. The molecule has 2 atom stereocenters. The van der Waals surface area contributed by atoms with Gasteiger partial charge in [0.05, 0.1) is 5.69 Å². The molecule has 0 aromatic carbocycles. The van der Waals surface area contributed by atoms with Gasteiger partial charge in [-0.3, -0.25) is 4.98 Å². The predicted molar refractivity (Wildman–Crippen MR) is 73.9 cm³/mol. The van der Waals surface area contributed by atoms with Crippen molar-refractivity contribution in [3.63, 3.8) is 0 Å². The number of nitrogens with one attached hydrogen (secondary N) is 1. The number of carbonyl (C=O) groups excluding carboxylic acids is 1. The number of anilines is 1. The van der Waals surface area contributed by atoms with Crippen LogP contribution in [0, 0.1) is 0 Å². The zero-order valence-electron chi connectivity index (χ0n) is 11.8. The summed E-state index contributed by atoms with van der Waals surface area (Å²) >= 11 is 0. The van der Waals surface area contributed by atoms with Crippen LogP contribution in [0.1, 0.15) is 32.6 Å². The molecule has 7 heteroatoms. The van der Waals surface area contributed by atoms with Gasteiger partial charge in [-0.25, -0.2) is 4.79 Å². The molecule has 1 amide bonds. The summed E-state index contributed by atoms with van der Waals surface area (Å²) in [6, 6.07) is 3.03. The SMILES string of the molecule is CC(C)(C)OC(=O)NCC(O)C(O)c1cc(N)ccn1. The van der Waals surface area contributed by atoms with Gasteiger partial charge in [-0.05, 0) is 32.9 Å². The van der Waals surface area contributed by atoms with Crippen molar-refractivity contribution in [1.29, 1.82) is 0 Å². The minimum atomic E-state index is -1.24. The highest BCUT2D eigenvalue weighted by atomic mass is 16.6. The third kappa shape index (κ3) is 5.41. The first kappa shape index (κ1) is 16.2. The fourth-order valence-corrected chi connectivity index (χ4v) is 1.44. The van der Waals surface area contributed by atoms with Crippen molar-refractivity contribution in [2.45, 2.75) is 38.6 Å². The number of ether oxygens (including phenoxy) is 1. The van der Waals surface area contributed by atoms with E-state index in [1.165, 1.54) is 12.3 Å². The number of pyridine rings is 1. The lowest BCUT2D eigenvalue weighted by molar-refractivity contribution is 0.0109. The quantitative estimate of drug-likeness (QED) is 0.642. The molecule has 0 aliphatic rings.